The molecule has 0 saturated carbocycles. The molecule has 1 aliphatic rings. The predicted octanol–water partition coefficient (Wildman–Crippen LogP) is 0.00530. The molecule has 7 heteroatoms. The average molecular weight is 363 g/mol. The van der Waals surface area contributed by atoms with Crippen molar-refractivity contribution < 1.29 is 19.2 Å². The molecule has 0 bridgehead atoms. The largest absolute Gasteiger partial charge is 0.497 e. The van der Waals surface area contributed by atoms with E-state index in [1.165, 1.54) is 10.5 Å². The molecule has 2 rings (SSSR count). The molecule has 1 heterocycles. The van der Waals surface area contributed by atoms with E-state index in [-0.39, 0.29) is 11.8 Å². The number of carbonyl (C=O) groups is 2. The van der Waals surface area contributed by atoms with Crippen molar-refractivity contribution in [3.63, 3.8) is 0 Å². The van der Waals surface area contributed by atoms with Crippen LogP contribution in [0.3, 0.4) is 0 Å². The Balaban J connectivity index is 1.89. The normalized spacial score (nSPS) is 17.4. The first-order chi connectivity index (χ1) is 12.4. The van der Waals surface area contributed by atoms with Gasteiger partial charge in [0.2, 0.25) is 5.91 Å². The number of rotatable bonds is 7. The highest BCUT2D eigenvalue weighted by atomic mass is 16.5. The molecule has 0 unspecified atom stereocenters. The number of methoxy groups -OCH3 is 1. The Labute approximate surface area is 155 Å². The van der Waals surface area contributed by atoms with Crippen LogP contribution in [0.2, 0.25) is 0 Å². The zero-order chi connectivity index (χ0) is 19.1. The van der Waals surface area contributed by atoms with Gasteiger partial charge in [-0.2, -0.15) is 0 Å². The van der Waals surface area contributed by atoms with Gasteiger partial charge in [-0.25, -0.2) is 4.79 Å². The van der Waals surface area contributed by atoms with Gasteiger partial charge in [-0.05, 0) is 30.2 Å². The first kappa shape index (κ1) is 20.0. The van der Waals surface area contributed by atoms with Crippen LogP contribution in [-0.2, 0) is 11.3 Å². The van der Waals surface area contributed by atoms with Crippen molar-refractivity contribution >= 4 is 11.9 Å². The Morgan fingerprint density at radius 1 is 1.27 bits per heavy atom. The van der Waals surface area contributed by atoms with Crippen LogP contribution in [0.1, 0.15) is 25.8 Å². The summed E-state index contributed by atoms with van der Waals surface area (Å²) in [6, 6.07) is 6.92. The maximum Gasteiger partial charge on any atom is 0.312 e. The third-order valence-electron chi connectivity index (χ3n) is 5.17. The lowest BCUT2D eigenvalue weighted by atomic mass is 9.97. The van der Waals surface area contributed by atoms with Crippen molar-refractivity contribution in [3.05, 3.63) is 29.8 Å². The maximum atomic E-state index is 12.8. The highest BCUT2D eigenvalue weighted by Crippen LogP contribution is 2.12. The number of hydrogen-bond acceptors (Lipinski definition) is 3. The minimum Gasteiger partial charge on any atom is -0.497 e. The number of quaternary nitrogens is 1. The first-order valence-electron chi connectivity index (χ1n) is 9.25. The van der Waals surface area contributed by atoms with E-state index >= 15 is 0 Å². The smallest absolute Gasteiger partial charge is 0.312 e. The second-order valence-corrected chi connectivity index (χ2v) is 6.97. The molecule has 144 valence electrons. The van der Waals surface area contributed by atoms with Gasteiger partial charge in [0.25, 0.3) is 0 Å². The summed E-state index contributed by atoms with van der Waals surface area (Å²) in [5.41, 5.74) is 6.51. The minimum atomic E-state index is -0.646. The van der Waals surface area contributed by atoms with E-state index in [0.717, 1.165) is 31.8 Å². The number of amides is 3. The third kappa shape index (κ3) is 5.36. The molecule has 3 amide bonds. The third-order valence-corrected chi connectivity index (χ3v) is 5.17. The quantitative estimate of drug-likeness (QED) is 0.637. The monoisotopic (exact) mass is 363 g/mol. The number of ether oxygens (including phenoxy) is 1. The molecule has 1 fully saturated rings. The van der Waals surface area contributed by atoms with Crippen LogP contribution in [0.4, 0.5) is 4.79 Å². The molecule has 0 spiro atoms. The fraction of sp³-hybridized carbons (Fsp3) is 0.579. The van der Waals surface area contributed by atoms with E-state index in [0.29, 0.717) is 13.1 Å². The highest BCUT2D eigenvalue weighted by molar-refractivity contribution is 5.86. The fourth-order valence-corrected chi connectivity index (χ4v) is 3.29. The molecule has 1 saturated heterocycles. The summed E-state index contributed by atoms with van der Waals surface area (Å²) in [6.07, 6.45) is 0.805. The van der Waals surface area contributed by atoms with Crippen LogP contribution in [0.25, 0.3) is 0 Å². The molecule has 2 atom stereocenters. The van der Waals surface area contributed by atoms with Gasteiger partial charge >= 0.3 is 6.03 Å². The van der Waals surface area contributed by atoms with Gasteiger partial charge in [0.05, 0.1) is 33.3 Å². The van der Waals surface area contributed by atoms with Crippen molar-refractivity contribution in [2.45, 2.75) is 32.9 Å². The van der Waals surface area contributed by atoms with E-state index in [1.807, 2.05) is 30.9 Å². The van der Waals surface area contributed by atoms with E-state index in [9.17, 15) is 9.59 Å². The molecular weight excluding hydrogens is 332 g/mol. The Hall–Kier alpha value is -2.28. The number of primary amides is 1. The summed E-state index contributed by atoms with van der Waals surface area (Å²) >= 11 is 0. The Bertz CT molecular complexity index is 597. The van der Waals surface area contributed by atoms with E-state index < -0.39 is 12.1 Å². The number of nitrogens with one attached hydrogen (secondary N) is 2. The van der Waals surface area contributed by atoms with Gasteiger partial charge in [-0.3, -0.25) is 4.79 Å². The first-order valence-corrected chi connectivity index (χ1v) is 9.25. The molecule has 7 nitrogen and oxygen atoms in total. The Kier molecular flexibility index (Phi) is 7.26. The summed E-state index contributed by atoms with van der Waals surface area (Å²) in [6.45, 7) is 8.06. The number of benzene rings is 1. The molecule has 1 aliphatic heterocycles. The van der Waals surface area contributed by atoms with Crippen molar-refractivity contribution in [2.24, 2.45) is 11.7 Å². The molecule has 26 heavy (non-hydrogen) atoms. The number of urea groups is 1. The lowest BCUT2D eigenvalue weighted by molar-refractivity contribution is -0.917. The van der Waals surface area contributed by atoms with Crippen LogP contribution in [-0.4, -0.2) is 56.2 Å². The number of carbonyl (C=O) groups excluding carboxylic acids is 2. The summed E-state index contributed by atoms with van der Waals surface area (Å²) < 4.78 is 5.19. The van der Waals surface area contributed by atoms with Crippen molar-refractivity contribution in [2.75, 3.05) is 33.3 Å². The van der Waals surface area contributed by atoms with Gasteiger partial charge in [-0.1, -0.05) is 20.3 Å². The average Bonchev–Trinajstić information content (AvgIpc) is 2.66. The zero-order valence-corrected chi connectivity index (χ0v) is 16.0. The topological polar surface area (TPSA) is 89.1 Å². The van der Waals surface area contributed by atoms with E-state index in [2.05, 4.69) is 17.4 Å². The van der Waals surface area contributed by atoms with Gasteiger partial charge in [0.1, 0.15) is 18.3 Å². The molecule has 0 aromatic heterocycles. The lowest BCUT2D eigenvalue weighted by Gasteiger charge is -2.35. The summed E-state index contributed by atoms with van der Waals surface area (Å²) in [5.74, 6) is 0.888. The van der Waals surface area contributed by atoms with Crippen LogP contribution >= 0.6 is 0 Å². The van der Waals surface area contributed by atoms with Gasteiger partial charge < -0.3 is 25.6 Å². The Morgan fingerprint density at radius 2 is 1.88 bits per heavy atom. The summed E-state index contributed by atoms with van der Waals surface area (Å²) in [4.78, 5) is 27.3. The van der Waals surface area contributed by atoms with E-state index in [1.54, 1.807) is 7.11 Å². The van der Waals surface area contributed by atoms with Gasteiger partial charge in [-0.15, -0.1) is 0 Å². The zero-order valence-electron chi connectivity index (χ0n) is 16.0. The maximum absolute atomic E-state index is 12.8. The molecule has 0 radical (unpaired) electrons. The number of nitrogens with zero attached hydrogens (tertiary/aromatic N) is 1. The molecule has 4 N–H and O–H groups in total. The number of nitrogens with two attached hydrogens (primary N) is 1. The van der Waals surface area contributed by atoms with Crippen molar-refractivity contribution in [1.82, 2.24) is 10.2 Å². The fourth-order valence-electron chi connectivity index (χ4n) is 3.29. The van der Waals surface area contributed by atoms with Crippen LogP contribution in [0.15, 0.2) is 24.3 Å². The second kappa shape index (κ2) is 9.43. The van der Waals surface area contributed by atoms with Crippen molar-refractivity contribution in [1.29, 1.82) is 0 Å². The highest BCUT2D eigenvalue weighted by Gasteiger charge is 2.32. The van der Waals surface area contributed by atoms with Crippen LogP contribution in [0.5, 0.6) is 5.75 Å². The van der Waals surface area contributed by atoms with Crippen LogP contribution < -0.4 is 20.7 Å². The Morgan fingerprint density at radius 3 is 2.38 bits per heavy atom. The SMILES string of the molecule is CC[C@H](C)[C@H](NC(N)=O)C(=O)N1CC[NH+](Cc2ccc(OC)cc2)CC1. The number of hydrogen-bond donors (Lipinski definition) is 3. The molecule has 1 aromatic rings. The van der Waals surface area contributed by atoms with Gasteiger partial charge in [0.15, 0.2) is 0 Å². The summed E-state index contributed by atoms with van der Waals surface area (Å²) in [5, 5.41) is 2.62. The van der Waals surface area contributed by atoms with Gasteiger partial charge in [0, 0.05) is 5.56 Å². The minimum absolute atomic E-state index is 0.0263. The lowest BCUT2D eigenvalue weighted by Crippen LogP contribution is -3.13. The molecular formula is C19H31N4O3+. The van der Waals surface area contributed by atoms with E-state index in [4.69, 9.17) is 10.5 Å². The van der Waals surface area contributed by atoms with Crippen molar-refractivity contribution in [3.8, 4) is 5.75 Å². The predicted molar refractivity (Wildman–Crippen MR) is 99.9 cm³/mol. The van der Waals surface area contributed by atoms with Crippen LogP contribution in [0, 0.1) is 5.92 Å². The standard InChI is InChI=1S/C19H30N4O3/c1-4-14(2)17(21-19(20)25)18(24)23-11-9-22(10-12-23)13-15-5-7-16(26-3)8-6-15/h5-8,14,17H,4,9-13H2,1-3H3,(H3,20,21,25)/p+1/t14-,17-/m0/s1. The molecule has 1 aromatic carbocycles. The summed E-state index contributed by atoms with van der Waals surface area (Å²) in [7, 11) is 1.66. The second-order valence-electron chi connectivity index (χ2n) is 6.97. The molecule has 0 aliphatic carbocycles. The number of piperazine rings is 1.